The van der Waals surface area contributed by atoms with Gasteiger partial charge in [0.1, 0.15) is 0 Å². The third-order valence-corrected chi connectivity index (χ3v) is 3.74. The van der Waals surface area contributed by atoms with Gasteiger partial charge in [0, 0.05) is 12.4 Å². The highest BCUT2D eigenvalue weighted by molar-refractivity contribution is 8.00. The molecule has 1 heterocycles. The monoisotopic (exact) mass is 267 g/mol. The van der Waals surface area contributed by atoms with Crippen LogP contribution in [-0.2, 0) is 4.74 Å². The molecule has 1 aliphatic heterocycles. The Bertz CT molecular complexity index is 258. The van der Waals surface area contributed by atoms with E-state index in [4.69, 9.17) is 10.00 Å². The van der Waals surface area contributed by atoms with Crippen molar-refractivity contribution in [2.45, 2.75) is 49.6 Å². The van der Waals surface area contributed by atoms with Crippen molar-refractivity contribution in [3.63, 3.8) is 0 Å². The average Bonchev–Trinajstić information content (AvgIpc) is 2.27. The lowest BCUT2D eigenvalue weighted by atomic mass is 10.1. The number of hydrogen-bond acceptors (Lipinski definition) is 3. The van der Waals surface area contributed by atoms with E-state index >= 15 is 0 Å². The Kier molecular flexibility index (Phi) is 6.14. The van der Waals surface area contributed by atoms with Crippen LogP contribution in [0.4, 0.5) is 13.2 Å². The lowest BCUT2D eigenvalue weighted by molar-refractivity contribution is -0.129. The lowest BCUT2D eigenvalue weighted by Gasteiger charge is -2.24. The number of ether oxygens (including phenoxy) is 1. The fourth-order valence-electron chi connectivity index (χ4n) is 1.71. The van der Waals surface area contributed by atoms with E-state index in [9.17, 15) is 13.2 Å². The highest BCUT2D eigenvalue weighted by atomic mass is 32.2. The summed E-state index contributed by atoms with van der Waals surface area (Å²) in [5.74, 6) is -0.0472. The quantitative estimate of drug-likeness (QED) is 0.764. The molecule has 17 heavy (non-hydrogen) atoms. The molecule has 0 aromatic heterocycles. The molecular formula is C11H16F3NOS. The van der Waals surface area contributed by atoms with Gasteiger partial charge in [-0.2, -0.15) is 18.4 Å². The predicted molar refractivity (Wildman–Crippen MR) is 60.7 cm³/mol. The second-order valence-electron chi connectivity index (χ2n) is 4.08. The largest absolute Gasteiger partial charge is 0.389 e. The van der Waals surface area contributed by atoms with Crippen LogP contribution in [0.2, 0.25) is 0 Å². The van der Waals surface area contributed by atoms with Crippen molar-refractivity contribution in [2.75, 3.05) is 12.4 Å². The lowest BCUT2D eigenvalue weighted by Crippen LogP contribution is -2.23. The number of thioether (sulfide) groups is 1. The molecule has 2 nitrogen and oxygen atoms in total. The van der Waals surface area contributed by atoms with Gasteiger partial charge in [-0.25, -0.2) is 0 Å². The third-order valence-electron chi connectivity index (χ3n) is 2.60. The van der Waals surface area contributed by atoms with E-state index in [1.165, 1.54) is 0 Å². The first-order chi connectivity index (χ1) is 8.01. The van der Waals surface area contributed by atoms with Crippen LogP contribution in [0.1, 0.15) is 32.1 Å². The second-order valence-corrected chi connectivity index (χ2v) is 5.39. The van der Waals surface area contributed by atoms with Gasteiger partial charge in [-0.15, -0.1) is 11.8 Å². The molecule has 2 atom stereocenters. The SMILES string of the molecule is N#CC(CC1CCCCO1)SCCC(F)(F)F. The number of nitrogens with zero attached hydrogens (tertiary/aromatic N) is 1. The number of nitriles is 1. The number of rotatable bonds is 5. The van der Waals surface area contributed by atoms with Gasteiger partial charge >= 0.3 is 6.18 Å². The first kappa shape index (κ1) is 14.7. The molecule has 0 amide bonds. The summed E-state index contributed by atoms with van der Waals surface area (Å²) in [5, 5.41) is 8.49. The molecule has 98 valence electrons. The Morgan fingerprint density at radius 2 is 2.18 bits per heavy atom. The van der Waals surface area contributed by atoms with Crippen LogP contribution in [0.15, 0.2) is 0 Å². The van der Waals surface area contributed by atoms with Crippen molar-refractivity contribution in [3.8, 4) is 6.07 Å². The number of halogens is 3. The topological polar surface area (TPSA) is 33.0 Å². The molecule has 1 fully saturated rings. The van der Waals surface area contributed by atoms with Crippen molar-refractivity contribution in [1.29, 1.82) is 5.26 Å². The van der Waals surface area contributed by atoms with Crippen LogP contribution in [0.25, 0.3) is 0 Å². The molecule has 0 aromatic rings. The maximum Gasteiger partial charge on any atom is 0.389 e. The van der Waals surface area contributed by atoms with Gasteiger partial charge in [0.05, 0.1) is 23.8 Å². The van der Waals surface area contributed by atoms with Gasteiger partial charge in [0.15, 0.2) is 0 Å². The Morgan fingerprint density at radius 1 is 1.41 bits per heavy atom. The molecule has 0 bridgehead atoms. The van der Waals surface area contributed by atoms with Gasteiger partial charge in [-0.1, -0.05) is 0 Å². The van der Waals surface area contributed by atoms with Gasteiger partial charge in [0.25, 0.3) is 0 Å². The highest BCUT2D eigenvalue weighted by Gasteiger charge is 2.27. The minimum absolute atomic E-state index is 0.0472. The molecule has 0 spiro atoms. The standard InChI is InChI=1S/C11H16F3NOS/c12-11(13,14)4-6-17-10(8-15)7-9-3-1-2-5-16-9/h9-10H,1-7H2. The van der Waals surface area contributed by atoms with Gasteiger partial charge in [-0.3, -0.25) is 0 Å². The first-order valence-corrected chi connectivity index (χ1v) is 6.76. The van der Waals surface area contributed by atoms with Crippen molar-refractivity contribution < 1.29 is 17.9 Å². The molecule has 1 rings (SSSR count). The fraction of sp³-hybridized carbons (Fsp3) is 0.909. The summed E-state index contributed by atoms with van der Waals surface area (Å²) in [4.78, 5) is 0. The van der Waals surface area contributed by atoms with Gasteiger partial charge in [0.2, 0.25) is 0 Å². The van der Waals surface area contributed by atoms with Crippen molar-refractivity contribution in [2.24, 2.45) is 0 Å². The van der Waals surface area contributed by atoms with Crippen LogP contribution >= 0.6 is 11.8 Å². The zero-order chi connectivity index (χ0) is 12.7. The molecule has 2 unspecified atom stereocenters. The molecule has 0 radical (unpaired) electrons. The predicted octanol–water partition coefficient (Wildman–Crippen LogP) is 3.52. The molecule has 1 saturated heterocycles. The van der Waals surface area contributed by atoms with E-state index < -0.39 is 12.6 Å². The Hall–Kier alpha value is -0.410. The van der Waals surface area contributed by atoms with Gasteiger partial charge in [-0.05, 0) is 25.7 Å². The minimum atomic E-state index is -4.13. The van der Waals surface area contributed by atoms with Gasteiger partial charge < -0.3 is 4.74 Å². The summed E-state index contributed by atoms with van der Waals surface area (Å²) in [7, 11) is 0. The van der Waals surface area contributed by atoms with Crippen molar-refractivity contribution in [3.05, 3.63) is 0 Å². The molecule has 0 aliphatic carbocycles. The van der Waals surface area contributed by atoms with Crippen molar-refractivity contribution >= 4 is 11.8 Å². The van der Waals surface area contributed by atoms with E-state index in [0.29, 0.717) is 13.0 Å². The molecule has 6 heteroatoms. The van der Waals surface area contributed by atoms with E-state index in [1.807, 2.05) is 0 Å². The van der Waals surface area contributed by atoms with E-state index in [1.54, 1.807) is 0 Å². The van der Waals surface area contributed by atoms with Crippen LogP contribution in [0, 0.1) is 11.3 Å². The summed E-state index contributed by atoms with van der Waals surface area (Å²) in [6, 6.07) is 2.05. The number of hydrogen-bond donors (Lipinski definition) is 0. The summed E-state index contributed by atoms with van der Waals surface area (Å²) in [6.07, 6.45) is -1.34. The Balaban J connectivity index is 2.21. The van der Waals surface area contributed by atoms with Crippen LogP contribution in [-0.4, -0.2) is 29.9 Å². The summed E-state index contributed by atoms with van der Waals surface area (Å²) in [5.41, 5.74) is 0. The highest BCUT2D eigenvalue weighted by Crippen LogP contribution is 2.27. The second kappa shape index (κ2) is 7.12. The molecule has 0 N–H and O–H groups in total. The number of alkyl halides is 3. The minimum Gasteiger partial charge on any atom is -0.378 e. The summed E-state index contributed by atoms with van der Waals surface area (Å²) in [6.45, 7) is 0.704. The van der Waals surface area contributed by atoms with E-state index in [2.05, 4.69) is 6.07 Å². The molecular weight excluding hydrogens is 251 g/mol. The molecule has 0 aromatic carbocycles. The normalized spacial score (nSPS) is 23.1. The fourth-order valence-corrected chi connectivity index (χ4v) is 2.77. The van der Waals surface area contributed by atoms with E-state index in [-0.39, 0.29) is 17.1 Å². The molecule has 1 aliphatic rings. The van der Waals surface area contributed by atoms with Crippen LogP contribution in [0.5, 0.6) is 0 Å². The maximum absolute atomic E-state index is 11.9. The van der Waals surface area contributed by atoms with Crippen LogP contribution < -0.4 is 0 Å². The average molecular weight is 267 g/mol. The molecule has 0 saturated carbocycles. The zero-order valence-electron chi connectivity index (χ0n) is 9.50. The summed E-state index contributed by atoms with van der Waals surface area (Å²) >= 11 is 1.08. The Morgan fingerprint density at radius 3 is 2.71 bits per heavy atom. The van der Waals surface area contributed by atoms with E-state index in [0.717, 1.165) is 31.0 Å². The smallest absolute Gasteiger partial charge is 0.378 e. The Labute approximate surface area is 104 Å². The first-order valence-electron chi connectivity index (χ1n) is 5.71. The van der Waals surface area contributed by atoms with Crippen molar-refractivity contribution in [1.82, 2.24) is 0 Å². The zero-order valence-corrected chi connectivity index (χ0v) is 10.3. The van der Waals surface area contributed by atoms with Crippen LogP contribution in [0.3, 0.4) is 0 Å². The summed E-state index contributed by atoms with van der Waals surface area (Å²) < 4.78 is 41.3. The maximum atomic E-state index is 11.9. The third kappa shape index (κ3) is 6.79.